The Bertz CT molecular complexity index is 718. The molecule has 0 fully saturated rings. The number of methoxy groups -OCH3 is 1. The summed E-state index contributed by atoms with van der Waals surface area (Å²) < 4.78 is 6.24. The van der Waals surface area contributed by atoms with Gasteiger partial charge in [-0.05, 0) is 34.1 Å². The van der Waals surface area contributed by atoms with Crippen LogP contribution in [0, 0.1) is 0 Å². The molecule has 0 bridgehead atoms. The number of benzene rings is 1. The van der Waals surface area contributed by atoms with Gasteiger partial charge in [0.1, 0.15) is 5.84 Å². The molecule has 108 valence electrons. The number of aliphatic imine (C=N–C) groups is 1. The second kappa shape index (κ2) is 6.03. The molecule has 1 aromatic heterocycles. The van der Waals surface area contributed by atoms with Crippen LogP contribution in [0.2, 0.25) is 5.02 Å². The Morgan fingerprint density at radius 3 is 2.81 bits per heavy atom. The van der Waals surface area contributed by atoms with Crippen LogP contribution in [-0.2, 0) is 0 Å². The quantitative estimate of drug-likeness (QED) is 0.904. The van der Waals surface area contributed by atoms with Crippen LogP contribution in [0.5, 0.6) is 5.88 Å². The maximum Gasteiger partial charge on any atom is 0.224 e. The summed E-state index contributed by atoms with van der Waals surface area (Å²) in [6.07, 6.45) is 0. The summed E-state index contributed by atoms with van der Waals surface area (Å²) in [5.74, 6) is 1.36. The molecule has 1 aromatic carbocycles. The first-order valence-corrected chi connectivity index (χ1v) is 7.66. The molecular formula is C15H13BrClN3O. The van der Waals surface area contributed by atoms with Crippen molar-refractivity contribution in [1.82, 2.24) is 10.3 Å². The summed E-state index contributed by atoms with van der Waals surface area (Å²) in [6, 6.07) is 9.63. The molecule has 0 radical (unpaired) electrons. The summed E-state index contributed by atoms with van der Waals surface area (Å²) >= 11 is 9.75. The normalized spacial score (nSPS) is 13.8. The molecule has 3 rings (SSSR count). The highest BCUT2D eigenvalue weighted by Crippen LogP contribution is 2.34. The molecule has 0 saturated carbocycles. The smallest absolute Gasteiger partial charge is 0.224 e. The lowest BCUT2D eigenvalue weighted by Gasteiger charge is -2.11. The topological polar surface area (TPSA) is 46.5 Å². The third kappa shape index (κ3) is 2.76. The average Bonchev–Trinajstić information content (AvgIpc) is 3.03. The minimum atomic E-state index is 0.539. The molecule has 2 aromatic rings. The zero-order valence-corrected chi connectivity index (χ0v) is 13.7. The van der Waals surface area contributed by atoms with E-state index in [0.29, 0.717) is 10.9 Å². The lowest BCUT2D eigenvalue weighted by atomic mass is 10.1. The van der Waals surface area contributed by atoms with Crippen molar-refractivity contribution >= 4 is 33.4 Å². The van der Waals surface area contributed by atoms with Gasteiger partial charge in [-0.15, -0.1) is 0 Å². The van der Waals surface area contributed by atoms with Gasteiger partial charge in [0, 0.05) is 16.6 Å². The van der Waals surface area contributed by atoms with Gasteiger partial charge in [-0.2, -0.15) is 0 Å². The van der Waals surface area contributed by atoms with Crippen LogP contribution in [-0.4, -0.2) is 31.0 Å². The van der Waals surface area contributed by atoms with E-state index in [-0.39, 0.29) is 0 Å². The molecule has 1 aliphatic heterocycles. The average molecular weight is 367 g/mol. The van der Waals surface area contributed by atoms with Crippen LogP contribution in [0.25, 0.3) is 11.3 Å². The Balaban J connectivity index is 2.07. The summed E-state index contributed by atoms with van der Waals surface area (Å²) in [5.41, 5.74) is 2.49. The molecule has 0 aliphatic carbocycles. The van der Waals surface area contributed by atoms with Crippen molar-refractivity contribution < 1.29 is 4.74 Å². The van der Waals surface area contributed by atoms with E-state index < -0.39 is 0 Å². The van der Waals surface area contributed by atoms with E-state index in [1.54, 1.807) is 7.11 Å². The molecule has 21 heavy (non-hydrogen) atoms. The fourth-order valence-electron chi connectivity index (χ4n) is 2.21. The fourth-order valence-corrected chi connectivity index (χ4v) is 2.80. The van der Waals surface area contributed by atoms with Crippen LogP contribution in [0.4, 0.5) is 0 Å². The van der Waals surface area contributed by atoms with Gasteiger partial charge in [-0.25, -0.2) is 4.98 Å². The van der Waals surface area contributed by atoms with E-state index in [2.05, 4.69) is 31.2 Å². The predicted octanol–water partition coefficient (Wildman–Crippen LogP) is 3.52. The van der Waals surface area contributed by atoms with Crippen LogP contribution >= 0.6 is 27.5 Å². The zero-order valence-electron chi connectivity index (χ0n) is 11.4. The maximum atomic E-state index is 6.33. The second-order valence-corrected chi connectivity index (χ2v) is 5.74. The second-order valence-electron chi connectivity index (χ2n) is 4.51. The number of amidine groups is 1. The van der Waals surface area contributed by atoms with Crippen molar-refractivity contribution in [2.75, 3.05) is 20.2 Å². The Labute approximate surface area is 136 Å². The van der Waals surface area contributed by atoms with Gasteiger partial charge >= 0.3 is 0 Å². The number of pyridine rings is 1. The number of halogens is 2. The molecule has 0 spiro atoms. The summed E-state index contributed by atoms with van der Waals surface area (Å²) in [6.45, 7) is 1.62. The minimum absolute atomic E-state index is 0.539. The molecule has 1 aliphatic rings. The van der Waals surface area contributed by atoms with E-state index in [0.717, 1.165) is 40.2 Å². The summed E-state index contributed by atoms with van der Waals surface area (Å²) in [4.78, 5) is 8.96. The maximum absolute atomic E-state index is 6.33. The number of hydrogen-bond donors (Lipinski definition) is 1. The van der Waals surface area contributed by atoms with Gasteiger partial charge in [-0.3, -0.25) is 4.99 Å². The van der Waals surface area contributed by atoms with E-state index in [9.17, 15) is 0 Å². The van der Waals surface area contributed by atoms with E-state index in [4.69, 9.17) is 16.3 Å². The number of rotatable bonds is 3. The number of hydrogen-bond acceptors (Lipinski definition) is 4. The molecule has 0 atom stereocenters. The van der Waals surface area contributed by atoms with Crippen molar-refractivity contribution in [3.63, 3.8) is 0 Å². The molecule has 6 heteroatoms. The van der Waals surface area contributed by atoms with E-state index >= 15 is 0 Å². The molecule has 0 amide bonds. The van der Waals surface area contributed by atoms with E-state index in [1.165, 1.54) is 0 Å². The number of ether oxygens (including phenoxy) is 1. The largest absolute Gasteiger partial charge is 0.480 e. The van der Waals surface area contributed by atoms with Crippen LogP contribution in [0.1, 0.15) is 5.56 Å². The monoisotopic (exact) mass is 365 g/mol. The van der Waals surface area contributed by atoms with Gasteiger partial charge in [0.15, 0.2) is 0 Å². The van der Waals surface area contributed by atoms with Gasteiger partial charge in [-0.1, -0.05) is 23.7 Å². The molecule has 1 N–H and O–H groups in total. The van der Waals surface area contributed by atoms with Gasteiger partial charge in [0.25, 0.3) is 0 Å². The van der Waals surface area contributed by atoms with Gasteiger partial charge in [0.05, 0.1) is 29.9 Å². The summed E-state index contributed by atoms with van der Waals surface area (Å²) in [7, 11) is 1.60. The zero-order chi connectivity index (χ0) is 14.8. The van der Waals surface area contributed by atoms with Crippen molar-refractivity contribution in [2.24, 2.45) is 4.99 Å². The Kier molecular flexibility index (Phi) is 4.12. The Morgan fingerprint density at radius 2 is 2.10 bits per heavy atom. The Morgan fingerprint density at radius 1 is 1.24 bits per heavy atom. The first kappa shape index (κ1) is 14.4. The van der Waals surface area contributed by atoms with Crippen LogP contribution < -0.4 is 10.1 Å². The highest BCUT2D eigenvalue weighted by molar-refractivity contribution is 9.10. The fraction of sp³-hybridized carbons (Fsp3) is 0.200. The molecule has 2 heterocycles. The Hall–Kier alpha value is -1.59. The van der Waals surface area contributed by atoms with Crippen molar-refractivity contribution in [3.05, 3.63) is 45.4 Å². The van der Waals surface area contributed by atoms with Gasteiger partial charge in [0.2, 0.25) is 5.88 Å². The van der Waals surface area contributed by atoms with Crippen molar-refractivity contribution in [3.8, 4) is 17.1 Å². The third-order valence-corrected chi connectivity index (χ3v) is 4.51. The number of aromatic nitrogens is 1. The lowest BCUT2D eigenvalue weighted by molar-refractivity contribution is 0.397. The SMILES string of the molecule is COc1nc(-c2cccc(Br)c2Cl)ccc1C1=NCCN1. The number of nitrogens with zero attached hydrogens (tertiary/aromatic N) is 2. The summed E-state index contributed by atoms with van der Waals surface area (Å²) in [5, 5.41) is 3.86. The molecule has 0 unspecified atom stereocenters. The third-order valence-electron chi connectivity index (χ3n) is 3.21. The standard InChI is InChI=1S/C15H13BrClN3O/c1-21-15-10(14-18-7-8-19-14)5-6-12(20-15)9-3-2-4-11(16)13(9)17/h2-6H,7-8H2,1H3,(H,18,19). The molecule has 0 saturated heterocycles. The molecule has 4 nitrogen and oxygen atoms in total. The van der Waals surface area contributed by atoms with Crippen molar-refractivity contribution in [1.29, 1.82) is 0 Å². The van der Waals surface area contributed by atoms with Crippen LogP contribution in [0.15, 0.2) is 39.8 Å². The van der Waals surface area contributed by atoms with Crippen molar-refractivity contribution in [2.45, 2.75) is 0 Å². The lowest BCUT2D eigenvalue weighted by Crippen LogP contribution is -2.20. The molecular weight excluding hydrogens is 354 g/mol. The first-order chi connectivity index (χ1) is 10.2. The van der Waals surface area contributed by atoms with Crippen LogP contribution in [0.3, 0.4) is 0 Å². The van der Waals surface area contributed by atoms with E-state index in [1.807, 2.05) is 30.3 Å². The highest BCUT2D eigenvalue weighted by Gasteiger charge is 2.16. The minimum Gasteiger partial charge on any atom is -0.480 e. The predicted molar refractivity (Wildman–Crippen MR) is 88.3 cm³/mol. The highest BCUT2D eigenvalue weighted by atomic mass is 79.9. The first-order valence-electron chi connectivity index (χ1n) is 6.49. The number of nitrogens with one attached hydrogen (secondary N) is 1. The van der Waals surface area contributed by atoms with Gasteiger partial charge < -0.3 is 10.1 Å².